The van der Waals surface area contributed by atoms with Crippen molar-refractivity contribution in [3.05, 3.63) is 96.1 Å². The molecule has 0 aliphatic rings. The minimum absolute atomic E-state index is 0.196. The van der Waals surface area contributed by atoms with Crippen LogP contribution in [0.1, 0.15) is 15.9 Å². The summed E-state index contributed by atoms with van der Waals surface area (Å²) in [4.78, 5) is 25.1. The van der Waals surface area contributed by atoms with Crippen LogP contribution in [0, 0.1) is 0 Å². The van der Waals surface area contributed by atoms with Gasteiger partial charge in [0.15, 0.2) is 18.1 Å². The molecule has 0 atom stereocenters. The molecule has 1 N–H and O–H groups in total. The number of nitrogens with one attached hydrogen (secondary N) is 1. The third kappa shape index (κ3) is 5.79. The molecule has 0 saturated heterocycles. The molecule has 36 heavy (non-hydrogen) atoms. The number of esters is 1. The zero-order valence-electron chi connectivity index (χ0n) is 19.8. The summed E-state index contributed by atoms with van der Waals surface area (Å²) in [7, 11) is 3.01. The fourth-order valence-corrected chi connectivity index (χ4v) is 3.49. The normalized spacial score (nSPS) is 10.7. The summed E-state index contributed by atoms with van der Waals surface area (Å²) in [5, 5.41) is 5.78. The Morgan fingerprint density at radius 3 is 2.33 bits per heavy atom. The van der Waals surface area contributed by atoms with Crippen LogP contribution in [-0.4, -0.2) is 38.9 Å². The molecule has 0 fully saturated rings. The van der Waals surface area contributed by atoms with Crippen molar-refractivity contribution in [1.82, 2.24) is 5.43 Å². The highest BCUT2D eigenvalue weighted by atomic mass is 16.5. The standard InChI is InChI=1S/C28H24N2O6/c1-33-25-15-13-20(16-26(25)34-2)28(32)36-24-14-12-19-8-6-7-11-22(19)23(24)17-29-30-27(31)18-35-21-9-4-3-5-10-21/h3-17H,18H2,1-2H3,(H,30,31)/b29-17+. The van der Waals surface area contributed by atoms with Gasteiger partial charge in [0.2, 0.25) is 0 Å². The molecule has 0 aromatic heterocycles. The SMILES string of the molecule is COc1ccc(C(=O)Oc2ccc3ccccc3c2/C=N/NC(=O)COc2ccccc2)cc1OC. The summed E-state index contributed by atoms with van der Waals surface area (Å²) in [6.45, 7) is -0.196. The number of ether oxygens (including phenoxy) is 4. The Hall–Kier alpha value is -4.85. The van der Waals surface area contributed by atoms with Gasteiger partial charge < -0.3 is 18.9 Å². The number of hydrogen-bond acceptors (Lipinski definition) is 7. The van der Waals surface area contributed by atoms with Crippen molar-refractivity contribution in [3.8, 4) is 23.0 Å². The van der Waals surface area contributed by atoms with Crippen LogP contribution in [-0.2, 0) is 4.79 Å². The molecular formula is C28H24N2O6. The summed E-state index contributed by atoms with van der Waals surface area (Å²) in [5.41, 5.74) is 3.26. The van der Waals surface area contributed by atoms with Crippen molar-refractivity contribution in [2.24, 2.45) is 5.10 Å². The van der Waals surface area contributed by atoms with Gasteiger partial charge in [-0.05, 0) is 47.2 Å². The molecule has 0 saturated carbocycles. The lowest BCUT2D eigenvalue weighted by atomic mass is 10.0. The van der Waals surface area contributed by atoms with Gasteiger partial charge >= 0.3 is 5.97 Å². The lowest BCUT2D eigenvalue weighted by Crippen LogP contribution is -2.24. The van der Waals surface area contributed by atoms with Crippen LogP contribution in [0.4, 0.5) is 0 Å². The lowest BCUT2D eigenvalue weighted by molar-refractivity contribution is -0.123. The molecule has 4 rings (SSSR count). The summed E-state index contributed by atoms with van der Waals surface area (Å²) in [6, 6.07) is 24.9. The second-order valence-corrected chi connectivity index (χ2v) is 7.55. The quantitative estimate of drug-likeness (QED) is 0.161. The number of carbonyl (C=O) groups excluding carboxylic acids is 2. The van der Waals surface area contributed by atoms with E-state index in [2.05, 4.69) is 10.5 Å². The van der Waals surface area contributed by atoms with E-state index in [0.717, 1.165) is 10.8 Å². The van der Waals surface area contributed by atoms with Crippen molar-refractivity contribution in [1.29, 1.82) is 0 Å². The van der Waals surface area contributed by atoms with Gasteiger partial charge in [-0.3, -0.25) is 4.79 Å². The number of benzene rings is 4. The average molecular weight is 485 g/mol. The molecule has 4 aromatic carbocycles. The van der Waals surface area contributed by atoms with E-state index in [0.29, 0.717) is 22.8 Å². The van der Waals surface area contributed by atoms with E-state index >= 15 is 0 Å². The molecular weight excluding hydrogens is 460 g/mol. The molecule has 0 aliphatic heterocycles. The molecule has 0 spiro atoms. The van der Waals surface area contributed by atoms with Gasteiger partial charge in [-0.1, -0.05) is 48.5 Å². The van der Waals surface area contributed by atoms with Crippen molar-refractivity contribution < 1.29 is 28.5 Å². The van der Waals surface area contributed by atoms with Crippen LogP contribution in [0.15, 0.2) is 90.0 Å². The van der Waals surface area contributed by atoms with Gasteiger partial charge in [-0.2, -0.15) is 5.10 Å². The molecule has 8 heteroatoms. The van der Waals surface area contributed by atoms with Crippen LogP contribution in [0.25, 0.3) is 10.8 Å². The number of carbonyl (C=O) groups is 2. The predicted molar refractivity (Wildman–Crippen MR) is 136 cm³/mol. The van der Waals surface area contributed by atoms with Crippen LogP contribution in [0.2, 0.25) is 0 Å². The van der Waals surface area contributed by atoms with E-state index < -0.39 is 11.9 Å². The Morgan fingerprint density at radius 2 is 1.56 bits per heavy atom. The maximum atomic E-state index is 12.9. The van der Waals surface area contributed by atoms with Gasteiger partial charge in [-0.25, -0.2) is 10.2 Å². The third-order valence-corrected chi connectivity index (χ3v) is 5.25. The Balaban J connectivity index is 1.53. The zero-order chi connectivity index (χ0) is 25.3. The summed E-state index contributed by atoms with van der Waals surface area (Å²) in [5.74, 6) is 0.759. The van der Waals surface area contributed by atoms with E-state index in [1.54, 1.807) is 36.4 Å². The maximum absolute atomic E-state index is 12.9. The summed E-state index contributed by atoms with van der Waals surface area (Å²) in [6.07, 6.45) is 1.44. The fraction of sp³-hybridized carbons (Fsp3) is 0.107. The first kappa shape index (κ1) is 24.3. The highest BCUT2D eigenvalue weighted by molar-refractivity contribution is 6.04. The molecule has 0 radical (unpaired) electrons. The minimum Gasteiger partial charge on any atom is -0.493 e. The van der Waals surface area contributed by atoms with Crippen LogP contribution >= 0.6 is 0 Å². The van der Waals surface area contributed by atoms with Crippen LogP contribution < -0.4 is 24.4 Å². The molecule has 0 bridgehead atoms. The number of nitrogens with zero attached hydrogens (tertiary/aromatic N) is 1. The molecule has 182 valence electrons. The Bertz CT molecular complexity index is 1400. The molecule has 0 unspecified atom stereocenters. The fourth-order valence-electron chi connectivity index (χ4n) is 3.49. The number of fused-ring (bicyclic) bond motifs is 1. The van der Waals surface area contributed by atoms with Crippen molar-refractivity contribution in [2.75, 3.05) is 20.8 Å². The Labute approximate surface area is 208 Å². The average Bonchev–Trinajstić information content (AvgIpc) is 2.93. The van der Waals surface area contributed by atoms with Gasteiger partial charge in [0.1, 0.15) is 11.5 Å². The maximum Gasteiger partial charge on any atom is 0.343 e. The largest absolute Gasteiger partial charge is 0.493 e. The number of rotatable bonds is 9. The first-order valence-electron chi connectivity index (χ1n) is 11.0. The number of hydrazone groups is 1. The molecule has 4 aromatic rings. The summed E-state index contributed by atoms with van der Waals surface area (Å²) >= 11 is 0. The van der Waals surface area contributed by atoms with Crippen LogP contribution in [0.5, 0.6) is 23.0 Å². The second kappa shape index (κ2) is 11.5. The second-order valence-electron chi connectivity index (χ2n) is 7.55. The minimum atomic E-state index is -0.582. The van der Waals surface area contributed by atoms with E-state index in [-0.39, 0.29) is 17.9 Å². The van der Waals surface area contributed by atoms with E-state index in [1.807, 2.05) is 48.5 Å². The molecule has 0 heterocycles. The van der Waals surface area contributed by atoms with Crippen molar-refractivity contribution in [2.45, 2.75) is 0 Å². The van der Waals surface area contributed by atoms with Crippen LogP contribution in [0.3, 0.4) is 0 Å². The smallest absolute Gasteiger partial charge is 0.343 e. The number of methoxy groups -OCH3 is 2. The first-order chi connectivity index (χ1) is 17.6. The predicted octanol–water partition coefficient (Wildman–Crippen LogP) is 4.61. The van der Waals surface area contributed by atoms with E-state index in [1.165, 1.54) is 20.4 Å². The lowest BCUT2D eigenvalue weighted by Gasteiger charge is -2.12. The topological polar surface area (TPSA) is 95.5 Å². The zero-order valence-corrected chi connectivity index (χ0v) is 19.8. The summed E-state index contributed by atoms with van der Waals surface area (Å²) < 4.78 is 21.6. The molecule has 0 aliphatic carbocycles. The number of para-hydroxylation sites is 1. The van der Waals surface area contributed by atoms with E-state index in [9.17, 15) is 9.59 Å². The monoisotopic (exact) mass is 484 g/mol. The van der Waals surface area contributed by atoms with Gasteiger partial charge in [0, 0.05) is 5.56 Å². The van der Waals surface area contributed by atoms with Crippen molar-refractivity contribution in [3.63, 3.8) is 0 Å². The Morgan fingerprint density at radius 1 is 0.833 bits per heavy atom. The number of hydrogen-bond donors (Lipinski definition) is 1. The van der Waals surface area contributed by atoms with Crippen molar-refractivity contribution >= 4 is 28.9 Å². The van der Waals surface area contributed by atoms with Gasteiger partial charge in [0.05, 0.1) is 26.0 Å². The molecule has 8 nitrogen and oxygen atoms in total. The van der Waals surface area contributed by atoms with Gasteiger partial charge in [-0.15, -0.1) is 0 Å². The Kier molecular flexibility index (Phi) is 7.77. The van der Waals surface area contributed by atoms with E-state index in [4.69, 9.17) is 18.9 Å². The molecule has 1 amide bonds. The highest BCUT2D eigenvalue weighted by Crippen LogP contribution is 2.30. The first-order valence-corrected chi connectivity index (χ1v) is 11.0. The van der Waals surface area contributed by atoms with Gasteiger partial charge in [0.25, 0.3) is 5.91 Å². The number of amides is 1. The highest BCUT2D eigenvalue weighted by Gasteiger charge is 2.16. The third-order valence-electron chi connectivity index (χ3n) is 5.25.